The Kier molecular flexibility index (Phi) is 3.66. The van der Waals surface area contributed by atoms with Crippen LogP contribution < -0.4 is 15.2 Å². The standard InChI is InChI=1S/C8H6ClF3N2O3/c1-16-4-2-3(13)6(17-8(10,11)12)5(14-4)7(9)15/h2H,1H3,(H2,13,14). The van der Waals surface area contributed by atoms with Crippen molar-refractivity contribution in [2.75, 3.05) is 12.8 Å². The van der Waals surface area contributed by atoms with Crippen LogP contribution in [-0.4, -0.2) is 23.7 Å². The van der Waals surface area contributed by atoms with Crippen LogP contribution in [0.15, 0.2) is 6.07 Å². The van der Waals surface area contributed by atoms with Crippen molar-refractivity contribution in [3.63, 3.8) is 0 Å². The topological polar surface area (TPSA) is 74.4 Å². The zero-order valence-electron chi connectivity index (χ0n) is 8.34. The monoisotopic (exact) mass is 270 g/mol. The first kappa shape index (κ1) is 13.4. The van der Waals surface area contributed by atoms with E-state index in [2.05, 4.69) is 14.5 Å². The molecule has 1 aromatic rings. The Morgan fingerprint density at radius 1 is 1.53 bits per heavy atom. The minimum absolute atomic E-state index is 0.152. The average Bonchev–Trinajstić information content (AvgIpc) is 2.18. The number of hydrogen-bond acceptors (Lipinski definition) is 5. The summed E-state index contributed by atoms with van der Waals surface area (Å²) in [6, 6.07) is 0.977. The van der Waals surface area contributed by atoms with Crippen molar-refractivity contribution in [2.24, 2.45) is 0 Å². The quantitative estimate of drug-likeness (QED) is 0.850. The SMILES string of the molecule is COc1cc(N)c(OC(F)(F)F)c(C(=O)Cl)n1. The van der Waals surface area contributed by atoms with Crippen LogP contribution >= 0.6 is 11.6 Å². The van der Waals surface area contributed by atoms with Crippen LogP contribution in [-0.2, 0) is 0 Å². The summed E-state index contributed by atoms with van der Waals surface area (Å²) < 4.78 is 44.4. The van der Waals surface area contributed by atoms with E-state index in [9.17, 15) is 18.0 Å². The molecular formula is C8H6ClF3N2O3. The molecule has 0 unspecified atom stereocenters. The van der Waals surface area contributed by atoms with Gasteiger partial charge >= 0.3 is 6.36 Å². The number of halogens is 4. The largest absolute Gasteiger partial charge is 0.573 e. The van der Waals surface area contributed by atoms with E-state index in [1.807, 2.05) is 0 Å². The molecule has 0 aliphatic rings. The van der Waals surface area contributed by atoms with Gasteiger partial charge in [-0.25, -0.2) is 4.98 Å². The highest BCUT2D eigenvalue weighted by Gasteiger charge is 2.34. The van der Waals surface area contributed by atoms with E-state index in [1.165, 1.54) is 7.11 Å². The minimum Gasteiger partial charge on any atom is -0.481 e. The van der Waals surface area contributed by atoms with Crippen LogP contribution in [0.25, 0.3) is 0 Å². The molecular weight excluding hydrogens is 265 g/mol. The number of rotatable bonds is 3. The van der Waals surface area contributed by atoms with Gasteiger partial charge in [0.25, 0.3) is 5.24 Å². The third-order valence-electron chi connectivity index (χ3n) is 1.59. The van der Waals surface area contributed by atoms with Gasteiger partial charge in [0.1, 0.15) is 0 Å². The molecule has 0 saturated heterocycles. The number of hydrogen-bond donors (Lipinski definition) is 1. The lowest BCUT2D eigenvalue weighted by atomic mass is 10.3. The number of carbonyl (C=O) groups excluding carboxylic acids is 1. The predicted octanol–water partition coefficient (Wildman–Crippen LogP) is 1.95. The molecule has 0 radical (unpaired) electrons. The van der Waals surface area contributed by atoms with Gasteiger partial charge in [-0.1, -0.05) is 0 Å². The van der Waals surface area contributed by atoms with Gasteiger partial charge in [-0.2, -0.15) is 0 Å². The zero-order chi connectivity index (χ0) is 13.2. The number of aromatic nitrogens is 1. The van der Waals surface area contributed by atoms with Crippen LogP contribution in [0, 0.1) is 0 Å². The summed E-state index contributed by atoms with van der Waals surface area (Å²) in [5, 5.41) is -1.24. The van der Waals surface area contributed by atoms with Crippen molar-refractivity contribution >= 4 is 22.5 Å². The summed E-state index contributed by atoms with van der Waals surface area (Å²) in [7, 11) is 1.20. The van der Waals surface area contributed by atoms with Crippen molar-refractivity contribution in [3.05, 3.63) is 11.8 Å². The second kappa shape index (κ2) is 4.66. The molecule has 0 bridgehead atoms. The van der Waals surface area contributed by atoms with Crippen molar-refractivity contribution in [1.29, 1.82) is 0 Å². The summed E-state index contributed by atoms with van der Waals surface area (Å²) in [6.07, 6.45) is -5.01. The van der Waals surface area contributed by atoms with E-state index < -0.39 is 28.7 Å². The van der Waals surface area contributed by atoms with Gasteiger partial charge in [0.15, 0.2) is 11.4 Å². The second-order valence-corrected chi connectivity index (χ2v) is 3.10. The second-order valence-electron chi connectivity index (χ2n) is 2.75. The van der Waals surface area contributed by atoms with E-state index in [4.69, 9.17) is 17.3 Å². The Bertz CT molecular complexity index is 450. The first-order chi connectivity index (χ1) is 7.74. The first-order valence-electron chi connectivity index (χ1n) is 4.04. The van der Waals surface area contributed by atoms with Crippen molar-refractivity contribution in [2.45, 2.75) is 6.36 Å². The van der Waals surface area contributed by atoms with E-state index in [0.29, 0.717) is 0 Å². The van der Waals surface area contributed by atoms with Gasteiger partial charge < -0.3 is 15.2 Å². The number of nitrogens with zero attached hydrogens (tertiary/aromatic N) is 1. The molecule has 2 N–H and O–H groups in total. The van der Waals surface area contributed by atoms with Crippen LogP contribution in [0.5, 0.6) is 11.6 Å². The molecule has 94 valence electrons. The summed E-state index contributed by atoms with van der Waals surface area (Å²) in [6.45, 7) is 0. The molecule has 0 saturated carbocycles. The zero-order valence-corrected chi connectivity index (χ0v) is 9.09. The van der Waals surface area contributed by atoms with Crippen LogP contribution in [0.2, 0.25) is 0 Å². The third-order valence-corrected chi connectivity index (χ3v) is 1.77. The Morgan fingerprint density at radius 3 is 2.53 bits per heavy atom. The fraction of sp³-hybridized carbons (Fsp3) is 0.250. The number of ether oxygens (including phenoxy) is 2. The summed E-state index contributed by atoms with van der Waals surface area (Å²) in [5.74, 6) is -1.10. The molecule has 0 atom stereocenters. The number of nitrogens with two attached hydrogens (primary N) is 1. The predicted molar refractivity (Wildman–Crippen MR) is 52.1 cm³/mol. The van der Waals surface area contributed by atoms with E-state index in [0.717, 1.165) is 6.07 Å². The molecule has 0 aliphatic heterocycles. The summed E-state index contributed by atoms with van der Waals surface area (Å²) in [4.78, 5) is 14.3. The van der Waals surface area contributed by atoms with Crippen molar-refractivity contribution in [1.82, 2.24) is 4.98 Å². The maximum atomic E-state index is 12.1. The molecule has 0 amide bonds. The van der Waals surface area contributed by atoms with Gasteiger partial charge in [0.05, 0.1) is 12.8 Å². The molecule has 5 nitrogen and oxygen atoms in total. The maximum absolute atomic E-state index is 12.1. The van der Waals surface area contributed by atoms with Crippen LogP contribution in [0.1, 0.15) is 10.5 Å². The lowest BCUT2D eigenvalue weighted by molar-refractivity contribution is -0.274. The average molecular weight is 271 g/mol. The Morgan fingerprint density at radius 2 is 2.12 bits per heavy atom. The van der Waals surface area contributed by atoms with Crippen molar-refractivity contribution < 1.29 is 27.4 Å². The van der Waals surface area contributed by atoms with Gasteiger partial charge in [-0.15, -0.1) is 13.2 Å². The highest BCUT2D eigenvalue weighted by molar-refractivity contribution is 6.67. The number of carbonyl (C=O) groups is 1. The molecule has 0 aliphatic carbocycles. The first-order valence-corrected chi connectivity index (χ1v) is 4.42. The molecule has 0 fully saturated rings. The smallest absolute Gasteiger partial charge is 0.481 e. The van der Waals surface area contributed by atoms with Gasteiger partial charge in [-0.3, -0.25) is 4.79 Å². The highest BCUT2D eigenvalue weighted by Crippen LogP contribution is 2.34. The number of alkyl halides is 3. The van der Waals surface area contributed by atoms with Crippen LogP contribution in [0.3, 0.4) is 0 Å². The Labute approximate surface area is 98.3 Å². The van der Waals surface area contributed by atoms with Crippen LogP contribution in [0.4, 0.5) is 18.9 Å². The number of methoxy groups -OCH3 is 1. The third kappa shape index (κ3) is 3.38. The Hall–Kier alpha value is -1.70. The van der Waals surface area contributed by atoms with E-state index in [1.54, 1.807) is 0 Å². The fourth-order valence-electron chi connectivity index (χ4n) is 0.989. The maximum Gasteiger partial charge on any atom is 0.573 e. The summed E-state index contributed by atoms with van der Waals surface area (Å²) >= 11 is 5.08. The van der Waals surface area contributed by atoms with Gasteiger partial charge in [-0.05, 0) is 11.6 Å². The molecule has 1 heterocycles. The van der Waals surface area contributed by atoms with Gasteiger partial charge in [0.2, 0.25) is 5.88 Å². The minimum atomic E-state index is -5.01. The van der Waals surface area contributed by atoms with E-state index >= 15 is 0 Å². The normalized spacial score (nSPS) is 11.1. The number of nitrogen functional groups attached to an aromatic ring is 1. The van der Waals surface area contributed by atoms with Crippen molar-refractivity contribution in [3.8, 4) is 11.6 Å². The summed E-state index contributed by atoms with van der Waals surface area (Å²) in [5.41, 5.74) is 4.06. The molecule has 1 aromatic heterocycles. The number of pyridine rings is 1. The molecule has 9 heteroatoms. The van der Waals surface area contributed by atoms with Gasteiger partial charge in [0, 0.05) is 6.07 Å². The Balaban J connectivity index is 3.32. The molecule has 1 rings (SSSR count). The lowest BCUT2D eigenvalue weighted by Crippen LogP contribution is -2.20. The van der Waals surface area contributed by atoms with E-state index in [-0.39, 0.29) is 5.88 Å². The molecule has 0 aromatic carbocycles. The lowest BCUT2D eigenvalue weighted by Gasteiger charge is -2.13. The molecule has 0 spiro atoms. The highest BCUT2D eigenvalue weighted by atomic mass is 35.5. The molecule has 17 heavy (non-hydrogen) atoms. The number of anilines is 1. The fourth-order valence-corrected chi connectivity index (χ4v) is 1.12.